The van der Waals surface area contributed by atoms with Gasteiger partial charge in [0.25, 0.3) is 0 Å². The van der Waals surface area contributed by atoms with E-state index < -0.39 is 6.04 Å². The number of hydrogen-bond acceptors (Lipinski definition) is 4. The van der Waals surface area contributed by atoms with Gasteiger partial charge in [0.2, 0.25) is 5.91 Å². The highest BCUT2D eigenvalue weighted by Crippen LogP contribution is 2.21. The van der Waals surface area contributed by atoms with E-state index in [-0.39, 0.29) is 24.2 Å². The molecule has 1 aromatic rings. The lowest BCUT2D eigenvalue weighted by Gasteiger charge is -2.30. The fraction of sp³-hybridized carbons (Fsp3) is 0.562. The van der Waals surface area contributed by atoms with Gasteiger partial charge in [0.1, 0.15) is 5.75 Å². The Morgan fingerprint density at radius 1 is 1.41 bits per heavy atom. The number of para-hydroxylation sites is 1. The molecule has 1 fully saturated rings. The number of nitrogens with zero attached hydrogens (tertiary/aromatic N) is 1. The van der Waals surface area contributed by atoms with Gasteiger partial charge in [-0.1, -0.05) is 18.2 Å². The van der Waals surface area contributed by atoms with E-state index in [1.807, 2.05) is 24.3 Å². The van der Waals surface area contributed by atoms with Crippen molar-refractivity contribution < 1.29 is 14.3 Å². The largest absolute Gasteiger partial charge is 0.496 e. The molecular formula is C16H25ClN2O3. The summed E-state index contributed by atoms with van der Waals surface area (Å²) in [6.07, 6.45) is 1.71. The normalized spacial score (nSPS) is 16.5. The molecule has 2 rings (SSSR count). The van der Waals surface area contributed by atoms with Crippen molar-refractivity contribution in [3.05, 3.63) is 29.8 Å². The van der Waals surface area contributed by atoms with Crippen LogP contribution in [0.4, 0.5) is 0 Å². The summed E-state index contributed by atoms with van der Waals surface area (Å²) in [5, 5.41) is 0. The molecular weight excluding hydrogens is 304 g/mol. The molecule has 0 saturated carbocycles. The van der Waals surface area contributed by atoms with Gasteiger partial charge in [-0.3, -0.25) is 4.79 Å². The molecule has 0 aromatic heterocycles. The standard InChI is InChI=1S/C16H24N2O3.ClH/c1-18(11-13-5-3-4-6-14(13)20-2)16(19)15(17)12-7-9-21-10-8-12;/h3-6,12,15H,7-11,17H2,1-2H3;1H. The molecule has 1 atom stereocenters. The molecule has 124 valence electrons. The minimum atomic E-state index is -0.450. The lowest BCUT2D eigenvalue weighted by atomic mass is 9.91. The molecule has 1 amide bonds. The molecule has 1 heterocycles. The van der Waals surface area contributed by atoms with Crippen molar-refractivity contribution in [2.75, 3.05) is 27.4 Å². The smallest absolute Gasteiger partial charge is 0.239 e. The van der Waals surface area contributed by atoms with E-state index >= 15 is 0 Å². The summed E-state index contributed by atoms with van der Waals surface area (Å²) >= 11 is 0. The topological polar surface area (TPSA) is 64.8 Å². The zero-order valence-electron chi connectivity index (χ0n) is 13.2. The molecule has 0 aliphatic carbocycles. The number of rotatable bonds is 5. The van der Waals surface area contributed by atoms with Gasteiger partial charge in [-0.15, -0.1) is 12.4 Å². The third-order valence-electron chi connectivity index (χ3n) is 4.04. The Morgan fingerprint density at radius 3 is 2.68 bits per heavy atom. The van der Waals surface area contributed by atoms with Crippen LogP contribution in [-0.4, -0.2) is 44.2 Å². The second-order valence-electron chi connectivity index (χ2n) is 5.48. The lowest BCUT2D eigenvalue weighted by Crippen LogP contribution is -2.47. The van der Waals surface area contributed by atoms with Crippen molar-refractivity contribution in [1.82, 2.24) is 4.90 Å². The van der Waals surface area contributed by atoms with Gasteiger partial charge < -0.3 is 20.1 Å². The van der Waals surface area contributed by atoms with Gasteiger partial charge in [-0.2, -0.15) is 0 Å². The molecule has 0 spiro atoms. The number of ether oxygens (including phenoxy) is 2. The summed E-state index contributed by atoms with van der Waals surface area (Å²) in [4.78, 5) is 14.1. The summed E-state index contributed by atoms with van der Waals surface area (Å²) < 4.78 is 10.6. The van der Waals surface area contributed by atoms with Crippen LogP contribution < -0.4 is 10.5 Å². The Balaban J connectivity index is 0.00000242. The SMILES string of the molecule is COc1ccccc1CN(C)C(=O)C(N)C1CCOCC1.Cl. The van der Waals surface area contributed by atoms with E-state index in [4.69, 9.17) is 15.2 Å². The van der Waals surface area contributed by atoms with Crippen molar-refractivity contribution in [3.8, 4) is 5.75 Å². The van der Waals surface area contributed by atoms with Crippen molar-refractivity contribution in [3.63, 3.8) is 0 Å². The molecule has 5 nitrogen and oxygen atoms in total. The minimum Gasteiger partial charge on any atom is -0.496 e. The van der Waals surface area contributed by atoms with Crippen molar-refractivity contribution in [2.45, 2.75) is 25.4 Å². The summed E-state index contributed by atoms with van der Waals surface area (Å²) in [5.41, 5.74) is 7.12. The number of methoxy groups -OCH3 is 1. The Hall–Kier alpha value is -1.30. The van der Waals surface area contributed by atoms with Crippen LogP contribution in [0.5, 0.6) is 5.75 Å². The zero-order chi connectivity index (χ0) is 15.2. The number of hydrogen-bond donors (Lipinski definition) is 1. The van der Waals surface area contributed by atoms with Crippen LogP contribution in [0, 0.1) is 5.92 Å². The molecule has 0 bridgehead atoms. The number of benzene rings is 1. The number of carbonyl (C=O) groups excluding carboxylic acids is 1. The maximum Gasteiger partial charge on any atom is 0.239 e. The number of carbonyl (C=O) groups is 1. The Morgan fingerprint density at radius 2 is 2.05 bits per heavy atom. The first-order valence-electron chi connectivity index (χ1n) is 7.33. The fourth-order valence-corrected chi connectivity index (χ4v) is 2.70. The highest BCUT2D eigenvalue weighted by molar-refractivity contribution is 5.85. The second kappa shape index (κ2) is 8.98. The van der Waals surface area contributed by atoms with Crippen LogP contribution in [0.1, 0.15) is 18.4 Å². The molecule has 0 radical (unpaired) electrons. The van der Waals surface area contributed by atoms with Crippen LogP contribution in [0.3, 0.4) is 0 Å². The molecule has 22 heavy (non-hydrogen) atoms. The van der Waals surface area contributed by atoms with Gasteiger partial charge in [-0.05, 0) is 24.8 Å². The van der Waals surface area contributed by atoms with Gasteiger partial charge in [0.15, 0.2) is 0 Å². The van der Waals surface area contributed by atoms with Gasteiger partial charge in [0, 0.05) is 32.4 Å². The second-order valence-corrected chi connectivity index (χ2v) is 5.48. The maximum absolute atomic E-state index is 12.5. The van der Waals surface area contributed by atoms with Crippen LogP contribution in [0.25, 0.3) is 0 Å². The molecule has 1 unspecified atom stereocenters. The number of nitrogens with two attached hydrogens (primary N) is 1. The molecule has 1 aliphatic heterocycles. The van der Waals surface area contributed by atoms with Crippen LogP contribution in [0.15, 0.2) is 24.3 Å². The minimum absolute atomic E-state index is 0. The van der Waals surface area contributed by atoms with Gasteiger partial charge in [-0.25, -0.2) is 0 Å². The predicted octanol–water partition coefficient (Wildman–Crippen LogP) is 1.83. The first-order valence-corrected chi connectivity index (χ1v) is 7.33. The van der Waals surface area contributed by atoms with Crippen molar-refractivity contribution in [2.24, 2.45) is 11.7 Å². The van der Waals surface area contributed by atoms with E-state index in [0.717, 1.165) is 24.2 Å². The molecule has 1 aromatic carbocycles. The van der Waals surface area contributed by atoms with E-state index in [9.17, 15) is 4.79 Å². The quantitative estimate of drug-likeness (QED) is 0.895. The van der Waals surface area contributed by atoms with Crippen LogP contribution in [-0.2, 0) is 16.1 Å². The molecule has 1 aliphatic rings. The number of amides is 1. The van der Waals surface area contributed by atoms with E-state index in [1.165, 1.54) is 0 Å². The Kier molecular flexibility index (Phi) is 7.65. The highest BCUT2D eigenvalue weighted by atomic mass is 35.5. The Bertz CT molecular complexity index is 478. The van der Waals surface area contributed by atoms with Crippen molar-refractivity contribution >= 4 is 18.3 Å². The van der Waals surface area contributed by atoms with Crippen LogP contribution >= 0.6 is 12.4 Å². The summed E-state index contributed by atoms with van der Waals surface area (Å²) in [5.74, 6) is 0.982. The Labute approximate surface area is 138 Å². The zero-order valence-corrected chi connectivity index (χ0v) is 14.0. The molecule has 6 heteroatoms. The third kappa shape index (κ3) is 4.60. The van der Waals surface area contributed by atoms with E-state index in [1.54, 1.807) is 19.1 Å². The third-order valence-corrected chi connectivity index (χ3v) is 4.04. The fourth-order valence-electron chi connectivity index (χ4n) is 2.70. The summed E-state index contributed by atoms with van der Waals surface area (Å²) in [6.45, 7) is 1.89. The lowest BCUT2D eigenvalue weighted by molar-refractivity contribution is -0.133. The van der Waals surface area contributed by atoms with Crippen LogP contribution in [0.2, 0.25) is 0 Å². The highest BCUT2D eigenvalue weighted by Gasteiger charge is 2.28. The van der Waals surface area contributed by atoms with Crippen molar-refractivity contribution in [1.29, 1.82) is 0 Å². The summed E-state index contributed by atoms with van der Waals surface area (Å²) in [7, 11) is 3.42. The summed E-state index contributed by atoms with van der Waals surface area (Å²) in [6, 6.07) is 7.26. The average molecular weight is 329 g/mol. The van der Waals surface area contributed by atoms with E-state index in [2.05, 4.69) is 0 Å². The monoisotopic (exact) mass is 328 g/mol. The maximum atomic E-state index is 12.5. The molecule has 2 N–H and O–H groups in total. The first-order chi connectivity index (χ1) is 10.1. The van der Waals surface area contributed by atoms with Gasteiger partial charge >= 0.3 is 0 Å². The number of halogens is 1. The number of likely N-dealkylation sites (N-methyl/N-ethyl adjacent to an activating group) is 1. The predicted molar refractivity (Wildman–Crippen MR) is 88.2 cm³/mol. The first kappa shape index (κ1) is 18.7. The molecule has 1 saturated heterocycles. The van der Waals surface area contributed by atoms with E-state index in [0.29, 0.717) is 19.8 Å². The average Bonchev–Trinajstić information content (AvgIpc) is 2.54. The van der Waals surface area contributed by atoms with Gasteiger partial charge in [0.05, 0.1) is 13.2 Å².